The van der Waals surface area contributed by atoms with E-state index in [-0.39, 0.29) is 39.5 Å². The van der Waals surface area contributed by atoms with Crippen LogP contribution in [0.25, 0.3) is 0 Å². The molecule has 0 spiro atoms. The van der Waals surface area contributed by atoms with E-state index in [9.17, 15) is 19.8 Å². The molecule has 0 bridgehead atoms. The lowest BCUT2D eigenvalue weighted by atomic mass is 9.40. The molecule has 0 radical (unpaired) electrons. The monoisotopic (exact) mass is 576 g/mol. The average molecular weight is 577 g/mol. The van der Waals surface area contributed by atoms with Gasteiger partial charge in [0.2, 0.25) is 0 Å². The van der Waals surface area contributed by atoms with E-state index in [1.807, 2.05) is 6.08 Å². The molecule has 4 heteroatoms. The second kappa shape index (κ2) is 9.05. The van der Waals surface area contributed by atoms with Crippen molar-refractivity contribution in [3.05, 3.63) is 11.6 Å². The number of allylic oxidation sites excluding steroid dienone is 1. The van der Waals surface area contributed by atoms with Gasteiger partial charge in [-0.2, -0.15) is 0 Å². The van der Waals surface area contributed by atoms with Crippen molar-refractivity contribution in [1.29, 1.82) is 0 Å². The van der Waals surface area contributed by atoms with Crippen molar-refractivity contribution in [2.75, 3.05) is 0 Å². The van der Waals surface area contributed by atoms with Gasteiger partial charge in [-0.15, -0.1) is 0 Å². The van der Waals surface area contributed by atoms with Crippen LogP contribution in [0.3, 0.4) is 0 Å². The van der Waals surface area contributed by atoms with E-state index in [2.05, 4.69) is 27.7 Å². The molecule has 0 amide bonds. The van der Waals surface area contributed by atoms with Gasteiger partial charge in [-0.05, 0) is 154 Å². The molecule has 42 heavy (non-hydrogen) atoms. The van der Waals surface area contributed by atoms with Crippen LogP contribution >= 0.6 is 0 Å². The Morgan fingerprint density at radius 3 is 2.24 bits per heavy atom. The first-order chi connectivity index (χ1) is 19.9. The highest BCUT2D eigenvalue weighted by molar-refractivity contribution is 5.92. The lowest BCUT2D eigenvalue weighted by Gasteiger charge is -2.65. The summed E-state index contributed by atoms with van der Waals surface area (Å²) in [6, 6.07) is 0. The molecule has 14 atom stereocenters. The van der Waals surface area contributed by atoms with Crippen LogP contribution < -0.4 is 0 Å². The Labute approximate surface area is 253 Å². The first-order valence-electron chi connectivity index (χ1n) is 18.1. The lowest BCUT2D eigenvalue weighted by molar-refractivity contribution is -0.203. The second-order valence-electron chi connectivity index (χ2n) is 17.9. The number of aliphatic hydroxyl groups excluding tert-OH is 1. The first kappa shape index (κ1) is 28.5. The fraction of sp³-hybridized carbons (Fsp3) is 0.895. The van der Waals surface area contributed by atoms with Gasteiger partial charge in [0.15, 0.2) is 5.78 Å². The smallest absolute Gasteiger partial charge is 0.156 e. The maximum atomic E-state index is 13.5. The lowest BCUT2D eigenvalue weighted by Crippen LogP contribution is -2.64. The highest BCUT2D eigenvalue weighted by atomic mass is 16.3. The molecule has 0 aromatic rings. The Hall–Kier alpha value is -1.00. The number of aliphatic hydroxyl groups is 2. The van der Waals surface area contributed by atoms with Gasteiger partial charge >= 0.3 is 0 Å². The fourth-order valence-corrected chi connectivity index (χ4v) is 15.0. The number of hydrogen-bond donors (Lipinski definition) is 2. The zero-order valence-corrected chi connectivity index (χ0v) is 26.8. The predicted molar refractivity (Wildman–Crippen MR) is 163 cm³/mol. The zero-order valence-electron chi connectivity index (χ0n) is 26.8. The van der Waals surface area contributed by atoms with Crippen molar-refractivity contribution >= 4 is 11.6 Å². The summed E-state index contributed by atoms with van der Waals surface area (Å²) < 4.78 is 0. The van der Waals surface area contributed by atoms with Crippen LogP contribution in [-0.2, 0) is 9.59 Å². The van der Waals surface area contributed by atoms with Crippen LogP contribution in [-0.4, -0.2) is 33.5 Å². The molecule has 0 aromatic heterocycles. The normalized spacial score (nSPS) is 58.6. The number of carbonyl (C=O) groups is 2. The number of ketones is 2. The Bertz CT molecular complexity index is 1220. The first-order valence-corrected chi connectivity index (χ1v) is 18.1. The minimum absolute atomic E-state index is 0.0317. The van der Waals surface area contributed by atoms with Crippen LogP contribution in [0.15, 0.2) is 11.6 Å². The Morgan fingerprint density at radius 2 is 1.43 bits per heavy atom. The minimum Gasteiger partial charge on any atom is -0.393 e. The van der Waals surface area contributed by atoms with E-state index in [0.717, 1.165) is 77.0 Å². The summed E-state index contributed by atoms with van der Waals surface area (Å²) in [5, 5.41) is 24.3. The molecule has 7 saturated carbocycles. The van der Waals surface area contributed by atoms with Gasteiger partial charge in [-0.25, -0.2) is 0 Å². The third-order valence-corrected chi connectivity index (χ3v) is 17.3. The summed E-state index contributed by atoms with van der Waals surface area (Å²) in [5.74, 6) is 4.34. The molecule has 0 aliphatic heterocycles. The highest BCUT2D eigenvalue weighted by Gasteiger charge is 2.71. The molecule has 8 aliphatic rings. The Balaban J connectivity index is 1.16. The van der Waals surface area contributed by atoms with Gasteiger partial charge in [0.25, 0.3) is 0 Å². The van der Waals surface area contributed by atoms with Gasteiger partial charge in [0, 0.05) is 24.2 Å². The van der Waals surface area contributed by atoms with Gasteiger partial charge < -0.3 is 10.2 Å². The summed E-state index contributed by atoms with van der Waals surface area (Å²) in [5.41, 5.74) is -0.00291. The fourth-order valence-electron chi connectivity index (χ4n) is 15.0. The SMILES string of the molecule is C[C@]12CC[C@H]3[C@@H](CCC4=CC(=O)CC(C5(O)CC[C@H]6[C@@H]7CCC8CCCC(=O)[C@]8(C)[C@@H]7CC[C@@]65C)[C@@]43C)[C@@H]1CC[C@@H]2O. The van der Waals surface area contributed by atoms with E-state index < -0.39 is 5.60 Å². The number of Topliss-reactive ketones (excluding diaryl/α,β-unsaturated/α-hetero) is 1. The third-order valence-electron chi connectivity index (χ3n) is 17.3. The van der Waals surface area contributed by atoms with Crippen molar-refractivity contribution in [3.8, 4) is 0 Å². The van der Waals surface area contributed by atoms with Crippen molar-refractivity contribution in [1.82, 2.24) is 0 Å². The molecule has 0 saturated heterocycles. The molecule has 3 unspecified atom stereocenters. The van der Waals surface area contributed by atoms with Crippen LogP contribution in [0.5, 0.6) is 0 Å². The molecule has 8 aliphatic carbocycles. The second-order valence-corrected chi connectivity index (χ2v) is 17.9. The van der Waals surface area contributed by atoms with E-state index >= 15 is 0 Å². The van der Waals surface area contributed by atoms with Gasteiger partial charge in [0.1, 0.15) is 5.78 Å². The molecule has 0 heterocycles. The number of carbonyl (C=O) groups excluding carboxylic acids is 2. The number of rotatable bonds is 1. The maximum absolute atomic E-state index is 13.5. The maximum Gasteiger partial charge on any atom is 0.156 e. The molecule has 4 nitrogen and oxygen atoms in total. The summed E-state index contributed by atoms with van der Waals surface area (Å²) in [4.78, 5) is 27.0. The molecule has 8 rings (SSSR count). The van der Waals surface area contributed by atoms with Crippen LogP contribution in [0.1, 0.15) is 130 Å². The van der Waals surface area contributed by atoms with Gasteiger partial charge in [-0.1, -0.05) is 33.3 Å². The number of hydrogen-bond acceptors (Lipinski definition) is 4. The van der Waals surface area contributed by atoms with Crippen LogP contribution in [0.4, 0.5) is 0 Å². The van der Waals surface area contributed by atoms with E-state index in [1.54, 1.807) is 0 Å². The van der Waals surface area contributed by atoms with E-state index in [4.69, 9.17) is 0 Å². The highest BCUT2D eigenvalue weighted by Crippen LogP contribution is 2.74. The molecule has 232 valence electrons. The summed E-state index contributed by atoms with van der Waals surface area (Å²) >= 11 is 0. The summed E-state index contributed by atoms with van der Waals surface area (Å²) in [6.07, 6.45) is 18.0. The molecule has 0 aromatic carbocycles. The van der Waals surface area contributed by atoms with Gasteiger partial charge in [-0.3, -0.25) is 9.59 Å². The standard InChI is InChI=1S/C38H56O4/c1-34-17-14-29-25(27(34)12-13-32(34)40)11-9-23-20-24(39)21-31(36(23,29)3)38(42)19-16-28-26-10-8-22-6-5-7-33(41)37(22,4)30(26)15-18-35(28,38)2/h20,22,25-32,40,42H,5-19,21H2,1-4H3/t22?,25-,26-,27-,28-,29-,30+,31?,32-,34-,35-,36-,37-,38?/m0/s1. The van der Waals surface area contributed by atoms with E-state index in [1.165, 1.54) is 24.8 Å². The molecule has 7 fully saturated rings. The van der Waals surface area contributed by atoms with Crippen LogP contribution in [0, 0.1) is 69.0 Å². The Kier molecular flexibility index (Phi) is 6.13. The minimum atomic E-state index is -0.848. The molecule has 2 N–H and O–H groups in total. The molecular formula is C38H56O4. The van der Waals surface area contributed by atoms with Crippen molar-refractivity contribution in [2.45, 2.75) is 142 Å². The van der Waals surface area contributed by atoms with Gasteiger partial charge in [0.05, 0.1) is 11.7 Å². The zero-order chi connectivity index (χ0) is 29.4. The summed E-state index contributed by atoms with van der Waals surface area (Å²) in [7, 11) is 0. The van der Waals surface area contributed by atoms with E-state index in [0.29, 0.717) is 53.6 Å². The quantitative estimate of drug-likeness (QED) is 0.340. The number of fused-ring (bicyclic) bond motifs is 10. The van der Waals surface area contributed by atoms with Crippen molar-refractivity contribution in [3.63, 3.8) is 0 Å². The van der Waals surface area contributed by atoms with Crippen molar-refractivity contribution < 1.29 is 19.8 Å². The Morgan fingerprint density at radius 1 is 0.714 bits per heavy atom. The summed E-state index contributed by atoms with van der Waals surface area (Å²) in [6.45, 7) is 9.56. The largest absolute Gasteiger partial charge is 0.393 e. The van der Waals surface area contributed by atoms with Crippen LogP contribution in [0.2, 0.25) is 0 Å². The molecular weight excluding hydrogens is 520 g/mol. The average Bonchev–Trinajstić information content (AvgIpc) is 3.42. The third kappa shape index (κ3) is 3.28. The predicted octanol–water partition coefficient (Wildman–Crippen LogP) is 7.45. The van der Waals surface area contributed by atoms with Crippen molar-refractivity contribution in [2.24, 2.45) is 69.0 Å². The topological polar surface area (TPSA) is 74.6 Å².